The van der Waals surface area contributed by atoms with E-state index in [2.05, 4.69) is 15.5 Å². The average molecular weight is 538 g/mol. The van der Waals surface area contributed by atoms with E-state index in [1.54, 1.807) is 13.8 Å². The predicted octanol–water partition coefficient (Wildman–Crippen LogP) is 1.57. The summed E-state index contributed by atoms with van der Waals surface area (Å²) in [5, 5.41) is 20.3. The van der Waals surface area contributed by atoms with E-state index >= 15 is 0 Å². The number of hydrogen-bond donors (Lipinski definition) is 1. The van der Waals surface area contributed by atoms with Crippen molar-refractivity contribution in [3.8, 4) is 0 Å². The molecule has 0 saturated heterocycles. The van der Waals surface area contributed by atoms with Gasteiger partial charge in [-0.15, -0.1) is 11.3 Å². The third kappa shape index (κ3) is 6.68. The normalized spacial score (nSPS) is 11.4. The Hall–Kier alpha value is -3.50. The quantitative estimate of drug-likeness (QED) is 0.150. The van der Waals surface area contributed by atoms with Gasteiger partial charge in [0.25, 0.3) is 0 Å². The molecule has 0 aliphatic heterocycles. The molecule has 0 aliphatic carbocycles. The second-order valence-electron chi connectivity index (χ2n) is 8.21. The fourth-order valence-corrected chi connectivity index (χ4v) is 4.43. The maximum absolute atomic E-state index is 12.1. The maximum Gasteiger partial charge on any atom is 1.00 e. The SMILES string of the molecule is CC(C)OC(=O)Nc1nc(C(=NOC(c2ccccc2)(c2ccccc2)c2ccccc2)C(=O)[O-])cs1.[Na+]. The standard InChI is InChI=1S/C28H25N3O5S.Na/c1-19(2)35-27(34)30-26-29-23(18-37-26)24(25(32)33)31-36-28(20-12-6-3-7-13-20,21-14-8-4-9-15-21)22-16-10-5-11-17-22;/h3-19H,1-2H3,(H,32,33)(H,29,30,34);/q;+1/p-1. The van der Waals surface area contributed by atoms with E-state index in [1.807, 2.05) is 91.0 Å². The van der Waals surface area contributed by atoms with Gasteiger partial charge in [0.2, 0.25) is 5.60 Å². The fraction of sp³-hybridized carbons (Fsp3) is 0.143. The number of carbonyl (C=O) groups excluding carboxylic acids is 2. The Labute approximate surface area is 246 Å². The summed E-state index contributed by atoms with van der Waals surface area (Å²) in [6.07, 6.45) is -1.02. The van der Waals surface area contributed by atoms with Crippen LogP contribution in [0.25, 0.3) is 0 Å². The van der Waals surface area contributed by atoms with E-state index in [0.717, 1.165) is 28.0 Å². The number of anilines is 1. The summed E-state index contributed by atoms with van der Waals surface area (Å²) in [7, 11) is 0. The van der Waals surface area contributed by atoms with Crippen molar-refractivity contribution in [1.82, 2.24) is 4.98 Å². The number of oxime groups is 1. The van der Waals surface area contributed by atoms with Crippen LogP contribution in [0, 0.1) is 0 Å². The smallest absolute Gasteiger partial charge is 0.543 e. The Morgan fingerprint density at radius 1 is 0.895 bits per heavy atom. The van der Waals surface area contributed by atoms with Crippen molar-refractivity contribution >= 4 is 34.2 Å². The van der Waals surface area contributed by atoms with Crippen molar-refractivity contribution in [2.45, 2.75) is 25.6 Å². The van der Waals surface area contributed by atoms with E-state index in [4.69, 9.17) is 9.57 Å². The van der Waals surface area contributed by atoms with Gasteiger partial charge in [0.15, 0.2) is 10.8 Å². The van der Waals surface area contributed by atoms with Crippen LogP contribution >= 0.6 is 11.3 Å². The average Bonchev–Trinajstić information content (AvgIpc) is 3.35. The molecule has 0 unspecified atom stereocenters. The number of ether oxygens (including phenoxy) is 1. The van der Waals surface area contributed by atoms with Gasteiger partial charge in [-0.25, -0.2) is 9.78 Å². The minimum absolute atomic E-state index is 0. The molecule has 38 heavy (non-hydrogen) atoms. The summed E-state index contributed by atoms with van der Waals surface area (Å²) < 4.78 is 5.04. The van der Waals surface area contributed by atoms with Crippen molar-refractivity contribution in [1.29, 1.82) is 0 Å². The number of carboxylic acid groups (broad SMARTS) is 1. The number of carbonyl (C=O) groups is 2. The van der Waals surface area contributed by atoms with Crippen LogP contribution in [-0.2, 0) is 20.0 Å². The Kier molecular flexibility index (Phi) is 10.2. The minimum atomic E-state index is -1.58. The Balaban J connectivity index is 0.00000400. The zero-order valence-electron chi connectivity index (χ0n) is 21.2. The van der Waals surface area contributed by atoms with Crippen LogP contribution < -0.4 is 40.0 Å². The Bertz CT molecular complexity index is 1280. The van der Waals surface area contributed by atoms with Gasteiger partial charge in [-0.3, -0.25) is 5.32 Å². The Morgan fingerprint density at radius 3 is 1.79 bits per heavy atom. The summed E-state index contributed by atoms with van der Waals surface area (Å²) in [6.45, 7) is 3.42. The molecule has 0 radical (unpaired) electrons. The van der Waals surface area contributed by atoms with Gasteiger partial charge >= 0.3 is 35.7 Å². The van der Waals surface area contributed by atoms with E-state index in [9.17, 15) is 14.7 Å². The summed E-state index contributed by atoms with van der Waals surface area (Å²) in [5.74, 6) is -1.58. The molecule has 10 heteroatoms. The van der Waals surface area contributed by atoms with E-state index in [0.29, 0.717) is 0 Å². The van der Waals surface area contributed by atoms with Gasteiger partial charge < -0.3 is 19.5 Å². The molecule has 3 aromatic carbocycles. The molecular weight excluding hydrogens is 513 g/mol. The minimum Gasteiger partial charge on any atom is -0.543 e. The first kappa shape index (κ1) is 29.1. The van der Waals surface area contributed by atoms with Gasteiger partial charge in [-0.05, 0) is 13.8 Å². The molecule has 1 aromatic heterocycles. The predicted molar refractivity (Wildman–Crippen MR) is 139 cm³/mol. The molecule has 1 heterocycles. The molecule has 1 N–H and O–H groups in total. The molecule has 0 bridgehead atoms. The number of nitrogens with zero attached hydrogens (tertiary/aromatic N) is 2. The number of amides is 1. The molecule has 4 rings (SSSR count). The number of benzene rings is 3. The summed E-state index contributed by atoms with van der Waals surface area (Å²) in [5.41, 5.74) is 0.409. The second-order valence-corrected chi connectivity index (χ2v) is 9.07. The molecule has 4 aromatic rings. The molecule has 1 amide bonds. The zero-order valence-corrected chi connectivity index (χ0v) is 24.0. The molecule has 0 aliphatic rings. The molecule has 188 valence electrons. The first-order valence-electron chi connectivity index (χ1n) is 11.5. The molecular formula is C28H24N3NaO5S. The van der Waals surface area contributed by atoms with Crippen LogP contribution in [-0.4, -0.2) is 28.9 Å². The topological polar surface area (TPSA) is 113 Å². The molecule has 0 spiro atoms. The number of aliphatic carboxylic acids is 1. The Morgan fingerprint density at radius 2 is 1.37 bits per heavy atom. The van der Waals surface area contributed by atoms with E-state index < -0.39 is 23.4 Å². The van der Waals surface area contributed by atoms with Gasteiger partial charge in [-0.1, -0.05) is 96.2 Å². The molecule has 0 fully saturated rings. The van der Waals surface area contributed by atoms with Crippen LogP contribution in [0.4, 0.5) is 9.93 Å². The molecule has 0 saturated carbocycles. The van der Waals surface area contributed by atoms with E-state index in [1.165, 1.54) is 5.38 Å². The number of rotatable bonds is 9. The van der Waals surface area contributed by atoms with Gasteiger partial charge in [0, 0.05) is 22.1 Å². The number of carboxylic acids is 1. The number of hydrogen-bond acceptors (Lipinski definition) is 8. The van der Waals surface area contributed by atoms with Gasteiger partial charge in [0.05, 0.1) is 12.1 Å². The van der Waals surface area contributed by atoms with Crippen LogP contribution in [0.15, 0.2) is 102 Å². The van der Waals surface area contributed by atoms with Crippen LogP contribution in [0.1, 0.15) is 36.2 Å². The molecule has 8 nitrogen and oxygen atoms in total. The van der Waals surface area contributed by atoms with Gasteiger partial charge in [-0.2, -0.15) is 0 Å². The maximum atomic E-state index is 12.1. The zero-order chi connectivity index (χ0) is 26.3. The number of aromatic nitrogens is 1. The van der Waals surface area contributed by atoms with Crippen molar-refractivity contribution in [2.75, 3.05) is 5.32 Å². The monoisotopic (exact) mass is 537 g/mol. The first-order chi connectivity index (χ1) is 17.9. The first-order valence-corrected chi connectivity index (χ1v) is 12.4. The number of nitrogens with one attached hydrogen (secondary N) is 1. The third-order valence-corrected chi connectivity index (χ3v) is 6.06. The van der Waals surface area contributed by atoms with Crippen LogP contribution in [0.3, 0.4) is 0 Å². The van der Waals surface area contributed by atoms with E-state index in [-0.39, 0.29) is 46.5 Å². The van der Waals surface area contributed by atoms with Gasteiger partial charge in [0.1, 0.15) is 5.69 Å². The second kappa shape index (κ2) is 13.3. The fourth-order valence-electron chi connectivity index (χ4n) is 3.75. The van der Waals surface area contributed by atoms with Crippen molar-refractivity contribution in [3.05, 3.63) is 119 Å². The summed E-state index contributed by atoms with van der Waals surface area (Å²) >= 11 is 1.02. The van der Waals surface area contributed by atoms with Crippen molar-refractivity contribution in [2.24, 2.45) is 5.16 Å². The van der Waals surface area contributed by atoms with Crippen LogP contribution in [0.5, 0.6) is 0 Å². The summed E-state index contributed by atoms with van der Waals surface area (Å²) in [4.78, 5) is 34.4. The van der Waals surface area contributed by atoms with Crippen molar-refractivity contribution in [3.63, 3.8) is 0 Å². The third-order valence-electron chi connectivity index (χ3n) is 5.31. The summed E-state index contributed by atoms with van der Waals surface area (Å²) in [6, 6.07) is 28.2. The van der Waals surface area contributed by atoms with Crippen LogP contribution in [0.2, 0.25) is 0 Å². The largest absolute Gasteiger partial charge is 1.00 e. The number of thiazole rings is 1. The van der Waals surface area contributed by atoms with Crippen molar-refractivity contribution < 1.29 is 53.8 Å². The molecule has 0 atom stereocenters.